The highest BCUT2D eigenvalue weighted by Crippen LogP contribution is 2.72. The van der Waals surface area contributed by atoms with Gasteiger partial charge in [-0.25, -0.2) is 9.59 Å². The van der Waals surface area contributed by atoms with Crippen LogP contribution in [0.4, 0.5) is 0 Å². The Balaban J connectivity index is 1.42. The number of hydrogen-bond donors (Lipinski definition) is 1. The molecule has 6 aliphatic rings. The molecule has 4 fully saturated rings. The predicted molar refractivity (Wildman–Crippen MR) is 143 cm³/mol. The molecule has 10 nitrogen and oxygen atoms in total. The van der Waals surface area contributed by atoms with Gasteiger partial charge < -0.3 is 33.5 Å². The van der Waals surface area contributed by atoms with Crippen molar-refractivity contribution in [2.75, 3.05) is 19.8 Å². The highest BCUT2D eigenvalue weighted by Gasteiger charge is 2.83. The highest BCUT2D eigenvalue weighted by molar-refractivity contribution is 5.83. The van der Waals surface area contributed by atoms with E-state index < -0.39 is 58.3 Å². The predicted octanol–water partition coefficient (Wildman–Crippen LogP) is 2.64. The summed E-state index contributed by atoms with van der Waals surface area (Å²) >= 11 is 0. The van der Waals surface area contributed by atoms with Gasteiger partial charge in [-0.05, 0) is 44.8 Å². The summed E-state index contributed by atoms with van der Waals surface area (Å²) in [5, 5.41) is 11.5. The summed E-state index contributed by atoms with van der Waals surface area (Å²) in [6, 6.07) is 0. The van der Waals surface area contributed by atoms with Crippen LogP contribution in [0.3, 0.4) is 0 Å². The van der Waals surface area contributed by atoms with Gasteiger partial charge in [0.15, 0.2) is 5.60 Å². The van der Waals surface area contributed by atoms with Gasteiger partial charge in [0.1, 0.15) is 30.5 Å². The number of epoxide rings is 1. The molecule has 10 heteroatoms. The molecule has 4 heterocycles. The maximum absolute atomic E-state index is 13.4. The number of esters is 3. The van der Waals surface area contributed by atoms with Gasteiger partial charge in [-0.2, -0.15) is 0 Å². The molecule has 3 saturated heterocycles. The number of rotatable bonds is 2. The fourth-order valence-electron chi connectivity index (χ4n) is 8.00. The van der Waals surface area contributed by atoms with Gasteiger partial charge in [0.25, 0.3) is 0 Å². The van der Waals surface area contributed by atoms with Crippen molar-refractivity contribution in [2.24, 2.45) is 10.8 Å². The average molecular weight is 571 g/mol. The van der Waals surface area contributed by atoms with Crippen molar-refractivity contribution in [1.29, 1.82) is 0 Å². The first kappa shape index (κ1) is 28.3. The van der Waals surface area contributed by atoms with Crippen molar-refractivity contribution in [2.45, 2.75) is 95.1 Å². The Kier molecular flexibility index (Phi) is 6.84. The zero-order valence-corrected chi connectivity index (χ0v) is 23.9. The fourth-order valence-corrected chi connectivity index (χ4v) is 8.00. The Morgan fingerprint density at radius 2 is 1.90 bits per heavy atom. The van der Waals surface area contributed by atoms with Crippen LogP contribution in [0, 0.1) is 10.8 Å². The topological polar surface area (TPSA) is 130 Å². The van der Waals surface area contributed by atoms with Gasteiger partial charge in [0.05, 0.1) is 30.8 Å². The van der Waals surface area contributed by atoms with E-state index in [0.717, 1.165) is 6.42 Å². The third-order valence-electron chi connectivity index (χ3n) is 10.5. The summed E-state index contributed by atoms with van der Waals surface area (Å²) in [7, 11) is 0. The minimum Gasteiger partial charge on any atom is -0.462 e. The van der Waals surface area contributed by atoms with E-state index in [9.17, 15) is 19.5 Å². The van der Waals surface area contributed by atoms with Gasteiger partial charge >= 0.3 is 17.9 Å². The number of fused-ring (bicyclic) bond motifs is 2. The minimum atomic E-state index is -1.48. The normalized spacial score (nSPS) is 47.0. The second kappa shape index (κ2) is 9.90. The smallest absolute Gasteiger partial charge is 0.331 e. The molecular formula is C31H38O10. The van der Waals surface area contributed by atoms with Gasteiger partial charge in [0, 0.05) is 30.9 Å². The molecule has 4 aliphatic heterocycles. The van der Waals surface area contributed by atoms with E-state index in [-0.39, 0.29) is 31.8 Å². The number of aliphatic hydroxyl groups is 1. The molecule has 0 aromatic heterocycles. The number of carbonyl (C=O) groups excluding carboxylic acids is 3. The Morgan fingerprint density at radius 1 is 1.12 bits per heavy atom. The van der Waals surface area contributed by atoms with Gasteiger partial charge in [0.2, 0.25) is 0 Å². The number of cyclic esters (lactones) is 1. The quantitative estimate of drug-likeness (QED) is 0.229. The van der Waals surface area contributed by atoms with Crippen LogP contribution in [0.25, 0.3) is 0 Å². The lowest BCUT2D eigenvalue weighted by Crippen LogP contribution is -2.66. The van der Waals surface area contributed by atoms with E-state index in [1.165, 1.54) is 30.7 Å². The van der Waals surface area contributed by atoms with Crippen molar-refractivity contribution < 1.29 is 47.9 Å². The van der Waals surface area contributed by atoms with Crippen LogP contribution in [-0.4, -0.2) is 84.6 Å². The molecule has 41 heavy (non-hydrogen) atoms. The number of allylic oxidation sites excluding steroid dienone is 3. The molecule has 0 aromatic rings. The minimum absolute atomic E-state index is 0.0315. The zero-order chi connectivity index (χ0) is 29.2. The second-order valence-electron chi connectivity index (χ2n) is 12.4. The Labute approximate surface area is 239 Å². The molecule has 1 N–H and O–H groups in total. The first-order chi connectivity index (χ1) is 19.5. The number of aliphatic hydroxyl groups excluding tert-OH is 1. The molecule has 9 atom stereocenters. The van der Waals surface area contributed by atoms with Gasteiger partial charge in [-0.3, -0.25) is 4.79 Å². The monoisotopic (exact) mass is 570 g/mol. The lowest BCUT2D eigenvalue weighted by molar-refractivity contribution is -0.232. The molecule has 0 aromatic carbocycles. The third kappa shape index (κ3) is 4.17. The number of hydrogen-bond acceptors (Lipinski definition) is 10. The third-order valence-corrected chi connectivity index (χ3v) is 10.5. The largest absolute Gasteiger partial charge is 0.462 e. The first-order valence-electron chi connectivity index (χ1n) is 14.4. The summed E-state index contributed by atoms with van der Waals surface area (Å²) in [6.45, 7) is 7.73. The van der Waals surface area contributed by atoms with E-state index in [1.807, 2.05) is 0 Å². The van der Waals surface area contributed by atoms with E-state index in [2.05, 4.69) is 19.9 Å². The maximum atomic E-state index is 13.4. The Hall–Kier alpha value is -2.79. The molecule has 4 bridgehead atoms. The van der Waals surface area contributed by atoms with E-state index in [4.69, 9.17) is 28.4 Å². The SMILES string of the molecule is CC(=O)OC(C)C12/C=C\C=C/C(=O)OC3CC4OC5C=C(C)CCC5(COC(=O)/C=C(/CCO1)C2O)C3(C)C41CO1. The van der Waals surface area contributed by atoms with Crippen LogP contribution in [0.2, 0.25) is 0 Å². The molecular weight excluding hydrogens is 532 g/mol. The van der Waals surface area contributed by atoms with Crippen LogP contribution in [0.15, 0.2) is 47.6 Å². The zero-order valence-electron chi connectivity index (χ0n) is 23.9. The van der Waals surface area contributed by atoms with Gasteiger partial charge in [-0.1, -0.05) is 30.7 Å². The van der Waals surface area contributed by atoms with Crippen LogP contribution in [-0.2, 0) is 42.8 Å². The van der Waals surface area contributed by atoms with Crippen molar-refractivity contribution in [3.05, 3.63) is 47.6 Å². The van der Waals surface area contributed by atoms with Crippen LogP contribution in [0.1, 0.15) is 53.4 Å². The highest BCUT2D eigenvalue weighted by atomic mass is 16.6. The van der Waals surface area contributed by atoms with Crippen molar-refractivity contribution >= 4 is 17.9 Å². The molecule has 2 aliphatic carbocycles. The summed E-state index contributed by atoms with van der Waals surface area (Å²) in [4.78, 5) is 38.3. The Morgan fingerprint density at radius 3 is 2.63 bits per heavy atom. The van der Waals surface area contributed by atoms with Crippen molar-refractivity contribution in [1.82, 2.24) is 0 Å². The summed E-state index contributed by atoms with van der Waals surface area (Å²) < 4.78 is 36.3. The summed E-state index contributed by atoms with van der Waals surface area (Å²) in [6.07, 6.45) is 8.26. The Bertz CT molecular complexity index is 1260. The average Bonchev–Trinajstić information content (AvgIpc) is 3.69. The van der Waals surface area contributed by atoms with E-state index in [1.54, 1.807) is 19.1 Å². The molecule has 9 unspecified atom stereocenters. The molecule has 6 rings (SSSR count). The maximum Gasteiger partial charge on any atom is 0.331 e. The second-order valence-corrected chi connectivity index (χ2v) is 12.4. The molecule has 2 spiro atoms. The van der Waals surface area contributed by atoms with Crippen molar-refractivity contribution in [3.8, 4) is 0 Å². The summed E-state index contributed by atoms with van der Waals surface area (Å²) in [5.41, 5.74) is -1.86. The molecule has 1 saturated carbocycles. The standard InChI is InChI=1S/C31H38O10/c1-18-8-11-29-16-36-26(34)14-21-9-12-37-30(27(21)35,19(2)39-20(3)32)10-6-5-7-25(33)41-22-15-24(40-23(29)13-18)31(17-38-31)28(22,29)4/h5-7,10,13-14,19,22-24,27,35H,8-9,11-12,15-17H2,1-4H3/b7-5-,10-6-,21-14-. The molecule has 0 amide bonds. The number of ether oxygens (including phenoxy) is 6. The van der Waals surface area contributed by atoms with E-state index in [0.29, 0.717) is 25.0 Å². The van der Waals surface area contributed by atoms with E-state index >= 15 is 0 Å². The first-order valence-corrected chi connectivity index (χ1v) is 14.4. The van der Waals surface area contributed by atoms with Gasteiger partial charge in [-0.15, -0.1) is 0 Å². The summed E-state index contributed by atoms with van der Waals surface area (Å²) in [5.74, 6) is -1.68. The lowest BCUT2D eigenvalue weighted by Gasteiger charge is -2.58. The molecule has 0 radical (unpaired) electrons. The molecule has 222 valence electrons. The van der Waals surface area contributed by atoms with Crippen LogP contribution >= 0.6 is 0 Å². The van der Waals surface area contributed by atoms with Crippen molar-refractivity contribution in [3.63, 3.8) is 0 Å². The fraction of sp³-hybridized carbons (Fsp3) is 0.645. The lowest BCUT2D eigenvalue weighted by atomic mass is 9.51. The van der Waals surface area contributed by atoms with Crippen LogP contribution < -0.4 is 0 Å². The number of carbonyl (C=O) groups is 3. The van der Waals surface area contributed by atoms with Crippen LogP contribution in [0.5, 0.6) is 0 Å².